The zero-order valence-corrected chi connectivity index (χ0v) is 12.8. The number of hydrogen-bond donors (Lipinski definition) is 1. The van der Waals surface area contributed by atoms with E-state index in [1.165, 1.54) is 4.31 Å². The average Bonchev–Trinajstić information content (AvgIpc) is 2.69. The summed E-state index contributed by atoms with van der Waals surface area (Å²) in [6.45, 7) is 0.531. The third-order valence-electron chi connectivity index (χ3n) is 2.64. The Kier molecular flexibility index (Phi) is 3.94. The zero-order valence-electron chi connectivity index (χ0n) is 8.81. The maximum absolute atomic E-state index is 12.3. The van der Waals surface area contributed by atoms with Crippen molar-refractivity contribution in [3.8, 4) is 0 Å². The normalized spacial score (nSPS) is 21.9. The first kappa shape index (κ1) is 13.5. The van der Waals surface area contributed by atoms with Crippen LogP contribution < -0.4 is 0 Å². The highest BCUT2D eigenvalue weighted by molar-refractivity contribution is 9.11. The van der Waals surface area contributed by atoms with E-state index < -0.39 is 16.1 Å². The molecule has 7 heteroatoms. The lowest BCUT2D eigenvalue weighted by Crippen LogP contribution is -2.30. The van der Waals surface area contributed by atoms with E-state index in [4.69, 9.17) is 0 Å². The van der Waals surface area contributed by atoms with Crippen molar-refractivity contribution < 1.29 is 13.5 Å². The molecule has 0 amide bonds. The van der Waals surface area contributed by atoms with Gasteiger partial charge in [-0.25, -0.2) is 8.42 Å². The van der Waals surface area contributed by atoms with Crippen molar-refractivity contribution in [2.24, 2.45) is 0 Å². The summed E-state index contributed by atoms with van der Waals surface area (Å²) in [6, 6.07) is 5.01. The molecule has 1 atom stereocenters. The molecule has 0 spiro atoms. The van der Waals surface area contributed by atoms with Crippen LogP contribution in [0.5, 0.6) is 0 Å². The number of nitrogens with zero attached hydrogens (tertiary/aromatic N) is 1. The Morgan fingerprint density at radius 2 is 2.06 bits per heavy atom. The minimum absolute atomic E-state index is 0.168. The number of halogens is 2. The highest BCUT2D eigenvalue weighted by Crippen LogP contribution is 2.29. The molecule has 0 saturated carbocycles. The van der Waals surface area contributed by atoms with Crippen LogP contribution in [0.4, 0.5) is 0 Å². The maximum atomic E-state index is 12.3. The molecular weight excluding hydrogens is 374 g/mol. The molecule has 1 fully saturated rings. The number of rotatable bonds is 2. The van der Waals surface area contributed by atoms with E-state index in [1.54, 1.807) is 18.2 Å². The largest absolute Gasteiger partial charge is 0.392 e. The van der Waals surface area contributed by atoms with Crippen LogP contribution in [0.3, 0.4) is 0 Å². The quantitative estimate of drug-likeness (QED) is 0.847. The summed E-state index contributed by atoms with van der Waals surface area (Å²) in [6.07, 6.45) is -0.0686. The Hall–Kier alpha value is 0.0500. The molecule has 1 aliphatic rings. The van der Waals surface area contributed by atoms with E-state index in [-0.39, 0.29) is 11.4 Å². The SMILES string of the molecule is O=S(=O)(c1cc(Br)ccc1Br)N1CC[C@@H](O)C1. The van der Waals surface area contributed by atoms with Crippen molar-refractivity contribution in [2.75, 3.05) is 13.1 Å². The number of hydrogen-bond acceptors (Lipinski definition) is 3. The van der Waals surface area contributed by atoms with Crippen LogP contribution in [-0.2, 0) is 10.0 Å². The first-order valence-electron chi connectivity index (χ1n) is 5.04. The molecule has 0 aliphatic carbocycles. The van der Waals surface area contributed by atoms with Gasteiger partial charge in [-0.05, 0) is 40.5 Å². The second-order valence-corrected chi connectivity index (χ2v) is 7.56. The van der Waals surface area contributed by atoms with Gasteiger partial charge < -0.3 is 5.11 Å². The van der Waals surface area contributed by atoms with E-state index in [0.29, 0.717) is 21.9 Å². The minimum atomic E-state index is -3.53. The molecule has 1 aromatic carbocycles. The van der Waals surface area contributed by atoms with E-state index in [2.05, 4.69) is 31.9 Å². The molecule has 0 bridgehead atoms. The Bertz CT molecular complexity index is 532. The number of β-amino-alcohol motifs (C(OH)–C–C–N with tert-alkyl or cyclic N) is 1. The molecule has 1 aliphatic heterocycles. The Balaban J connectivity index is 2.41. The molecule has 17 heavy (non-hydrogen) atoms. The molecule has 94 valence electrons. The van der Waals surface area contributed by atoms with Crippen molar-refractivity contribution in [2.45, 2.75) is 17.4 Å². The van der Waals surface area contributed by atoms with Crippen molar-refractivity contribution in [3.05, 3.63) is 27.1 Å². The number of benzene rings is 1. The summed E-state index contributed by atoms with van der Waals surface area (Å²) >= 11 is 6.50. The van der Waals surface area contributed by atoms with Gasteiger partial charge in [0.15, 0.2) is 0 Å². The lowest BCUT2D eigenvalue weighted by atomic mass is 10.3. The Morgan fingerprint density at radius 3 is 2.65 bits per heavy atom. The summed E-state index contributed by atoms with van der Waals surface area (Å²) in [5.41, 5.74) is 0. The second kappa shape index (κ2) is 4.97. The van der Waals surface area contributed by atoms with E-state index in [0.717, 1.165) is 0 Å². The molecule has 0 unspecified atom stereocenters. The summed E-state index contributed by atoms with van der Waals surface area (Å²) in [4.78, 5) is 0.223. The highest BCUT2D eigenvalue weighted by Gasteiger charge is 2.32. The van der Waals surface area contributed by atoms with Gasteiger partial charge in [-0.2, -0.15) is 4.31 Å². The van der Waals surface area contributed by atoms with Gasteiger partial charge in [0.25, 0.3) is 0 Å². The third kappa shape index (κ3) is 2.73. The van der Waals surface area contributed by atoms with Crippen molar-refractivity contribution in [1.82, 2.24) is 4.31 Å². The van der Waals surface area contributed by atoms with Crippen molar-refractivity contribution in [1.29, 1.82) is 0 Å². The molecule has 1 saturated heterocycles. The smallest absolute Gasteiger partial charge is 0.244 e. The topological polar surface area (TPSA) is 57.6 Å². The Labute approximate surface area is 117 Å². The van der Waals surface area contributed by atoms with Gasteiger partial charge in [-0.15, -0.1) is 0 Å². The van der Waals surface area contributed by atoms with Crippen LogP contribution in [0.25, 0.3) is 0 Å². The highest BCUT2D eigenvalue weighted by atomic mass is 79.9. The standard InChI is InChI=1S/C10H11Br2NO3S/c11-7-1-2-9(12)10(5-7)17(15,16)13-4-3-8(14)6-13/h1-2,5,8,14H,3-4,6H2/t8-/m1/s1. The lowest BCUT2D eigenvalue weighted by Gasteiger charge is -2.16. The molecule has 1 heterocycles. The summed E-state index contributed by atoms with van der Waals surface area (Å²) < 4.78 is 27.2. The fourth-order valence-corrected chi connectivity index (χ4v) is 4.70. The number of sulfonamides is 1. The lowest BCUT2D eigenvalue weighted by molar-refractivity contribution is 0.189. The van der Waals surface area contributed by atoms with Gasteiger partial charge in [0, 0.05) is 22.0 Å². The fraction of sp³-hybridized carbons (Fsp3) is 0.400. The number of aliphatic hydroxyl groups is 1. The first-order valence-corrected chi connectivity index (χ1v) is 8.07. The first-order chi connectivity index (χ1) is 7.91. The molecular formula is C10H11Br2NO3S. The van der Waals surface area contributed by atoms with Crippen molar-refractivity contribution in [3.63, 3.8) is 0 Å². The van der Waals surface area contributed by atoms with Gasteiger partial charge in [-0.3, -0.25) is 0 Å². The van der Waals surface area contributed by atoms with Crippen molar-refractivity contribution >= 4 is 41.9 Å². The van der Waals surface area contributed by atoms with Crippen LogP contribution in [-0.4, -0.2) is 37.0 Å². The third-order valence-corrected chi connectivity index (χ3v) is 5.99. The van der Waals surface area contributed by atoms with Gasteiger partial charge in [0.1, 0.15) is 0 Å². The van der Waals surface area contributed by atoms with Gasteiger partial charge in [0.2, 0.25) is 10.0 Å². The minimum Gasteiger partial charge on any atom is -0.392 e. The van der Waals surface area contributed by atoms with Crippen LogP contribution in [0, 0.1) is 0 Å². The van der Waals surface area contributed by atoms with E-state index in [1.807, 2.05) is 0 Å². The fourth-order valence-electron chi connectivity index (χ4n) is 1.74. The van der Waals surface area contributed by atoms with Crippen LogP contribution in [0.1, 0.15) is 6.42 Å². The second-order valence-electron chi connectivity index (χ2n) is 3.88. The summed E-state index contributed by atoms with van der Waals surface area (Å²) in [7, 11) is -3.53. The average molecular weight is 385 g/mol. The summed E-state index contributed by atoms with van der Waals surface area (Å²) in [5.74, 6) is 0. The van der Waals surface area contributed by atoms with Crippen LogP contribution >= 0.6 is 31.9 Å². The molecule has 1 aromatic rings. The molecule has 0 aromatic heterocycles. The van der Waals surface area contributed by atoms with Gasteiger partial charge >= 0.3 is 0 Å². The molecule has 1 N–H and O–H groups in total. The summed E-state index contributed by atoms with van der Waals surface area (Å²) in [5, 5.41) is 9.41. The monoisotopic (exact) mass is 383 g/mol. The zero-order chi connectivity index (χ0) is 12.6. The molecule has 4 nitrogen and oxygen atoms in total. The number of aliphatic hydroxyl groups excluding tert-OH is 1. The van der Waals surface area contributed by atoms with E-state index in [9.17, 15) is 13.5 Å². The van der Waals surface area contributed by atoms with Crippen LogP contribution in [0.2, 0.25) is 0 Å². The van der Waals surface area contributed by atoms with Gasteiger partial charge in [0.05, 0.1) is 11.0 Å². The Morgan fingerprint density at radius 1 is 1.35 bits per heavy atom. The maximum Gasteiger partial charge on any atom is 0.244 e. The van der Waals surface area contributed by atoms with Gasteiger partial charge in [-0.1, -0.05) is 15.9 Å². The van der Waals surface area contributed by atoms with Crippen LogP contribution in [0.15, 0.2) is 32.0 Å². The molecule has 0 radical (unpaired) electrons. The molecule has 2 rings (SSSR count). The predicted molar refractivity (Wildman–Crippen MR) is 71.2 cm³/mol. The predicted octanol–water partition coefficient (Wildman–Crippen LogP) is 1.97. The van der Waals surface area contributed by atoms with E-state index >= 15 is 0 Å².